The second-order valence-corrected chi connectivity index (χ2v) is 5.92. The molecule has 1 saturated heterocycles. The molecule has 1 aromatic rings. The molecule has 0 unspecified atom stereocenters. The number of amides is 1. The van der Waals surface area contributed by atoms with Gasteiger partial charge in [0.15, 0.2) is 0 Å². The van der Waals surface area contributed by atoms with Crippen molar-refractivity contribution < 1.29 is 9.53 Å². The average Bonchev–Trinajstić information content (AvgIpc) is 2.47. The maximum atomic E-state index is 12.4. The quantitative estimate of drug-likeness (QED) is 0.850. The number of hydrogen-bond donors (Lipinski definition) is 0. The van der Waals surface area contributed by atoms with E-state index in [0.29, 0.717) is 15.8 Å². The highest BCUT2D eigenvalue weighted by atomic mass is 35.5. The Kier molecular flexibility index (Phi) is 5.73. The number of methoxy groups -OCH3 is 1. The molecule has 0 aliphatic carbocycles. The summed E-state index contributed by atoms with van der Waals surface area (Å²) >= 11 is 12.1. The van der Waals surface area contributed by atoms with Crippen molar-refractivity contribution in [2.24, 2.45) is 0 Å². The van der Waals surface area contributed by atoms with E-state index in [9.17, 15) is 4.79 Å². The van der Waals surface area contributed by atoms with Gasteiger partial charge in [0.05, 0.1) is 18.6 Å². The van der Waals surface area contributed by atoms with E-state index in [-0.39, 0.29) is 12.3 Å². The van der Waals surface area contributed by atoms with E-state index in [1.165, 1.54) is 0 Å². The molecule has 0 N–H and O–H groups in total. The minimum atomic E-state index is 0.0855. The molecule has 21 heavy (non-hydrogen) atoms. The molecule has 0 radical (unpaired) electrons. The number of benzene rings is 1. The van der Waals surface area contributed by atoms with Crippen LogP contribution in [-0.4, -0.2) is 55.5 Å². The van der Waals surface area contributed by atoms with Gasteiger partial charge in [-0.3, -0.25) is 4.79 Å². The van der Waals surface area contributed by atoms with Crippen LogP contribution in [-0.2, 0) is 11.2 Å². The van der Waals surface area contributed by atoms with Gasteiger partial charge in [-0.2, -0.15) is 0 Å². The highest BCUT2D eigenvalue weighted by molar-refractivity contribution is 6.35. The lowest BCUT2D eigenvalue weighted by Crippen LogP contribution is -2.48. The summed E-state index contributed by atoms with van der Waals surface area (Å²) in [7, 11) is 1.54. The summed E-state index contributed by atoms with van der Waals surface area (Å²) in [5.74, 6) is 0.615. The molecule has 0 saturated carbocycles. The number of likely N-dealkylation sites (N-methyl/N-ethyl adjacent to an activating group) is 1. The summed E-state index contributed by atoms with van der Waals surface area (Å²) in [6.07, 6.45) is 0.260. The van der Waals surface area contributed by atoms with E-state index in [1.807, 2.05) is 4.90 Å². The number of carbonyl (C=O) groups excluding carboxylic acids is 1. The van der Waals surface area contributed by atoms with Crippen LogP contribution in [0.1, 0.15) is 12.5 Å². The maximum Gasteiger partial charge on any atom is 0.227 e. The van der Waals surface area contributed by atoms with Gasteiger partial charge in [0.1, 0.15) is 5.75 Å². The van der Waals surface area contributed by atoms with Crippen LogP contribution < -0.4 is 4.74 Å². The molecule has 0 atom stereocenters. The first-order chi connectivity index (χ1) is 10.0. The van der Waals surface area contributed by atoms with E-state index >= 15 is 0 Å². The molecule has 0 bridgehead atoms. The Bertz CT molecular complexity index is 515. The Morgan fingerprint density at radius 2 is 1.90 bits per heavy atom. The number of hydrogen-bond acceptors (Lipinski definition) is 3. The van der Waals surface area contributed by atoms with Crippen LogP contribution in [0.15, 0.2) is 12.1 Å². The van der Waals surface area contributed by atoms with Crippen molar-refractivity contribution >= 4 is 29.1 Å². The van der Waals surface area contributed by atoms with Crippen LogP contribution in [0.5, 0.6) is 5.75 Å². The van der Waals surface area contributed by atoms with Gasteiger partial charge in [-0.25, -0.2) is 0 Å². The van der Waals surface area contributed by atoms with Crippen LogP contribution in [0.2, 0.25) is 10.0 Å². The van der Waals surface area contributed by atoms with Crippen LogP contribution in [0.3, 0.4) is 0 Å². The Morgan fingerprint density at radius 3 is 2.48 bits per heavy atom. The van der Waals surface area contributed by atoms with Gasteiger partial charge < -0.3 is 14.5 Å². The van der Waals surface area contributed by atoms with E-state index in [1.54, 1.807) is 19.2 Å². The fourth-order valence-corrected chi connectivity index (χ4v) is 3.17. The lowest BCUT2D eigenvalue weighted by Gasteiger charge is -2.34. The second-order valence-electron chi connectivity index (χ2n) is 5.07. The van der Waals surface area contributed by atoms with E-state index < -0.39 is 0 Å². The molecule has 1 aliphatic heterocycles. The summed E-state index contributed by atoms with van der Waals surface area (Å²) in [5, 5.41) is 0.947. The van der Waals surface area contributed by atoms with Gasteiger partial charge >= 0.3 is 0 Å². The minimum Gasteiger partial charge on any atom is -0.495 e. The first-order valence-electron chi connectivity index (χ1n) is 7.07. The smallest absolute Gasteiger partial charge is 0.227 e. The molecule has 116 valence electrons. The zero-order chi connectivity index (χ0) is 15.4. The molecule has 1 heterocycles. The monoisotopic (exact) mass is 330 g/mol. The Hall–Kier alpha value is -0.970. The van der Waals surface area contributed by atoms with Crippen molar-refractivity contribution in [3.8, 4) is 5.75 Å². The zero-order valence-electron chi connectivity index (χ0n) is 12.4. The third-order valence-corrected chi connectivity index (χ3v) is 4.30. The van der Waals surface area contributed by atoms with Crippen molar-refractivity contribution in [2.45, 2.75) is 13.3 Å². The lowest BCUT2D eigenvalue weighted by molar-refractivity contribution is -0.132. The summed E-state index contributed by atoms with van der Waals surface area (Å²) < 4.78 is 5.28. The highest BCUT2D eigenvalue weighted by Crippen LogP contribution is 2.32. The van der Waals surface area contributed by atoms with Crippen molar-refractivity contribution in [3.05, 3.63) is 27.7 Å². The van der Waals surface area contributed by atoms with Crippen LogP contribution in [0, 0.1) is 0 Å². The van der Waals surface area contributed by atoms with Crippen molar-refractivity contribution in [1.29, 1.82) is 0 Å². The van der Waals surface area contributed by atoms with Gasteiger partial charge in [0.2, 0.25) is 5.91 Å². The Balaban J connectivity index is 2.06. The molecule has 0 spiro atoms. The first-order valence-corrected chi connectivity index (χ1v) is 7.82. The van der Waals surface area contributed by atoms with Gasteiger partial charge in [0, 0.05) is 36.8 Å². The predicted octanol–water partition coefficient (Wildman–Crippen LogP) is 2.71. The molecule has 2 rings (SSSR count). The summed E-state index contributed by atoms with van der Waals surface area (Å²) in [5.41, 5.74) is 0.734. The number of rotatable bonds is 4. The van der Waals surface area contributed by atoms with Crippen molar-refractivity contribution in [1.82, 2.24) is 9.80 Å². The Morgan fingerprint density at radius 1 is 1.24 bits per heavy atom. The summed E-state index contributed by atoms with van der Waals surface area (Å²) in [6.45, 7) is 6.55. The number of halogens is 2. The van der Waals surface area contributed by atoms with E-state index in [2.05, 4.69) is 11.8 Å². The molecular formula is C15H20Cl2N2O2. The third-order valence-electron chi connectivity index (χ3n) is 3.80. The fourth-order valence-electron chi connectivity index (χ4n) is 2.56. The number of piperazine rings is 1. The summed E-state index contributed by atoms with van der Waals surface area (Å²) in [6, 6.07) is 3.36. The van der Waals surface area contributed by atoms with Gasteiger partial charge in [0.25, 0.3) is 0 Å². The fraction of sp³-hybridized carbons (Fsp3) is 0.533. The van der Waals surface area contributed by atoms with Gasteiger partial charge in [-0.05, 0) is 18.7 Å². The van der Waals surface area contributed by atoms with E-state index in [0.717, 1.165) is 38.3 Å². The topological polar surface area (TPSA) is 32.8 Å². The minimum absolute atomic E-state index is 0.0855. The van der Waals surface area contributed by atoms with Crippen molar-refractivity contribution in [2.75, 3.05) is 39.8 Å². The number of nitrogens with zero attached hydrogens (tertiary/aromatic N) is 2. The summed E-state index contributed by atoms with van der Waals surface area (Å²) in [4.78, 5) is 16.6. The second kappa shape index (κ2) is 7.34. The normalized spacial score (nSPS) is 16.1. The molecule has 6 heteroatoms. The number of carbonyl (C=O) groups is 1. The first kappa shape index (κ1) is 16.4. The lowest BCUT2D eigenvalue weighted by atomic mass is 10.1. The molecule has 1 aliphatic rings. The molecule has 1 amide bonds. The highest BCUT2D eigenvalue weighted by Gasteiger charge is 2.22. The predicted molar refractivity (Wildman–Crippen MR) is 85.4 cm³/mol. The van der Waals surface area contributed by atoms with Crippen LogP contribution >= 0.6 is 23.2 Å². The molecular weight excluding hydrogens is 311 g/mol. The van der Waals surface area contributed by atoms with Crippen LogP contribution in [0.25, 0.3) is 0 Å². The molecule has 1 aromatic carbocycles. The zero-order valence-corrected chi connectivity index (χ0v) is 13.9. The largest absolute Gasteiger partial charge is 0.495 e. The SMILES string of the molecule is CCN1CCN(C(=O)Cc2cc(Cl)cc(Cl)c2OC)CC1. The number of ether oxygens (including phenoxy) is 1. The molecule has 0 aromatic heterocycles. The molecule has 1 fully saturated rings. The standard InChI is InChI=1S/C15H20Cl2N2O2/c1-3-18-4-6-19(7-5-18)14(20)9-11-8-12(16)10-13(17)15(11)21-2/h8,10H,3-7,9H2,1-2H3. The van der Waals surface area contributed by atoms with Gasteiger partial charge in [-0.15, -0.1) is 0 Å². The third kappa shape index (κ3) is 4.02. The van der Waals surface area contributed by atoms with Crippen molar-refractivity contribution in [3.63, 3.8) is 0 Å². The van der Waals surface area contributed by atoms with E-state index in [4.69, 9.17) is 27.9 Å². The van der Waals surface area contributed by atoms with Gasteiger partial charge in [-0.1, -0.05) is 30.1 Å². The Labute approximate surface area is 135 Å². The van der Waals surface area contributed by atoms with Crippen LogP contribution in [0.4, 0.5) is 0 Å². The average molecular weight is 331 g/mol. The molecule has 4 nitrogen and oxygen atoms in total. The maximum absolute atomic E-state index is 12.4.